The molecule has 0 saturated carbocycles. The van der Waals surface area contributed by atoms with Crippen LogP contribution in [-0.2, 0) is 12.8 Å². The van der Waals surface area contributed by atoms with Gasteiger partial charge in [-0.2, -0.15) is 0 Å². The molecule has 2 amide bonds. The fourth-order valence-electron chi connectivity index (χ4n) is 4.46. The minimum absolute atomic E-state index is 0.0148. The monoisotopic (exact) mass is 540 g/mol. The van der Waals surface area contributed by atoms with Gasteiger partial charge in [-0.15, -0.1) is 0 Å². The standard InChI is InChI=1S/C32H32N2O6/c35-25-15-11-23(12-16-25)31(39)33-27(19-21-7-3-1-4-8-21)29(37)30(38)28(20-22-9-5-2-6-10-22)34-32(40)24-13-17-26(36)18-14-24/h1-18,27-30,35-38H,19-20H2,(H,33,39)(H,34,40)/t27-,28+,29-,30-/m0/s1. The van der Waals surface area contributed by atoms with Gasteiger partial charge in [0.25, 0.3) is 11.8 Å². The largest absolute Gasteiger partial charge is 0.508 e. The van der Waals surface area contributed by atoms with Crippen LogP contribution < -0.4 is 10.6 Å². The number of aliphatic hydroxyl groups excluding tert-OH is 2. The van der Waals surface area contributed by atoms with Crippen molar-refractivity contribution in [3.05, 3.63) is 131 Å². The van der Waals surface area contributed by atoms with Gasteiger partial charge in [-0.05, 0) is 72.5 Å². The minimum atomic E-state index is -1.46. The number of carbonyl (C=O) groups excluding carboxylic acids is 2. The van der Waals surface area contributed by atoms with E-state index in [2.05, 4.69) is 10.6 Å². The van der Waals surface area contributed by atoms with E-state index in [0.29, 0.717) is 0 Å². The van der Waals surface area contributed by atoms with Crippen LogP contribution in [0.1, 0.15) is 31.8 Å². The second-order valence-electron chi connectivity index (χ2n) is 9.61. The Morgan fingerprint density at radius 3 is 1.18 bits per heavy atom. The SMILES string of the molecule is O=C(N[C@@H](Cc1ccccc1)[C@H](O)[C@@H](O)[C@@H](Cc1ccccc1)NC(=O)c1ccc(O)cc1)c1ccc(O)cc1. The van der Waals surface area contributed by atoms with Crippen LogP contribution >= 0.6 is 0 Å². The van der Waals surface area contributed by atoms with E-state index in [1.54, 1.807) is 0 Å². The highest BCUT2D eigenvalue weighted by molar-refractivity contribution is 5.95. The van der Waals surface area contributed by atoms with Gasteiger partial charge in [0, 0.05) is 11.1 Å². The molecule has 0 unspecified atom stereocenters. The van der Waals surface area contributed by atoms with Crippen molar-refractivity contribution in [3.63, 3.8) is 0 Å². The van der Waals surface area contributed by atoms with E-state index in [1.165, 1.54) is 48.5 Å². The third-order valence-corrected chi connectivity index (χ3v) is 6.66. The van der Waals surface area contributed by atoms with Crippen molar-refractivity contribution in [1.29, 1.82) is 0 Å². The fourth-order valence-corrected chi connectivity index (χ4v) is 4.46. The van der Waals surface area contributed by atoms with E-state index in [0.717, 1.165) is 11.1 Å². The van der Waals surface area contributed by atoms with Crippen molar-refractivity contribution in [1.82, 2.24) is 10.6 Å². The molecular weight excluding hydrogens is 508 g/mol. The lowest BCUT2D eigenvalue weighted by Gasteiger charge is -2.33. The van der Waals surface area contributed by atoms with Crippen molar-refractivity contribution >= 4 is 11.8 Å². The van der Waals surface area contributed by atoms with Gasteiger partial charge in [0.15, 0.2) is 0 Å². The zero-order valence-corrected chi connectivity index (χ0v) is 21.7. The first-order chi connectivity index (χ1) is 19.3. The van der Waals surface area contributed by atoms with Crippen LogP contribution in [0.4, 0.5) is 0 Å². The number of aromatic hydroxyl groups is 2. The zero-order valence-electron chi connectivity index (χ0n) is 21.7. The summed E-state index contributed by atoms with van der Waals surface area (Å²) in [4.78, 5) is 26.1. The lowest BCUT2D eigenvalue weighted by atomic mass is 9.90. The number of rotatable bonds is 11. The molecule has 0 radical (unpaired) electrons. The summed E-state index contributed by atoms with van der Waals surface area (Å²) in [6, 6.07) is 28.1. The molecule has 0 saturated heterocycles. The number of carbonyl (C=O) groups is 2. The Bertz CT molecular complexity index is 1270. The van der Waals surface area contributed by atoms with Gasteiger partial charge in [-0.1, -0.05) is 60.7 Å². The number of phenols is 2. The Hall–Kier alpha value is -4.66. The van der Waals surface area contributed by atoms with Gasteiger partial charge in [0.1, 0.15) is 23.7 Å². The first-order valence-corrected chi connectivity index (χ1v) is 12.9. The molecule has 4 rings (SSSR count). The van der Waals surface area contributed by atoms with Gasteiger partial charge >= 0.3 is 0 Å². The number of aliphatic hydroxyl groups is 2. The number of hydrogen-bond acceptors (Lipinski definition) is 6. The minimum Gasteiger partial charge on any atom is -0.508 e. The maximum Gasteiger partial charge on any atom is 0.251 e. The number of nitrogens with one attached hydrogen (secondary N) is 2. The lowest BCUT2D eigenvalue weighted by molar-refractivity contribution is -0.0219. The van der Waals surface area contributed by atoms with Gasteiger partial charge in [0.05, 0.1) is 12.1 Å². The molecule has 0 fully saturated rings. The quantitative estimate of drug-likeness (QED) is 0.173. The van der Waals surface area contributed by atoms with Crippen molar-refractivity contribution < 1.29 is 30.0 Å². The van der Waals surface area contributed by atoms with E-state index < -0.39 is 36.1 Å². The van der Waals surface area contributed by atoms with E-state index in [9.17, 15) is 30.0 Å². The van der Waals surface area contributed by atoms with E-state index in [1.807, 2.05) is 60.7 Å². The van der Waals surface area contributed by atoms with Crippen molar-refractivity contribution in [2.45, 2.75) is 37.1 Å². The van der Waals surface area contributed by atoms with Gasteiger partial charge < -0.3 is 31.1 Å². The molecule has 4 aromatic carbocycles. The Labute approximate surface area is 232 Å². The second kappa shape index (κ2) is 13.4. The number of benzene rings is 4. The zero-order chi connectivity index (χ0) is 28.5. The summed E-state index contributed by atoms with van der Waals surface area (Å²) < 4.78 is 0. The van der Waals surface area contributed by atoms with E-state index in [4.69, 9.17) is 0 Å². The third kappa shape index (κ3) is 7.69. The second-order valence-corrected chi connectivity index (χ2v) is 9.61. The number of hydrogen-bond donors (Lipinski definition) is 6. The predicted molar refractivity (Wildman–Crippen MR) is 151 cm³/mol. The fraction of sp³-hybridized carbons (Fsp3) is 0.188. The Kier molecular flexibility index (Phi) is 9.51. The summed E-state index contributed by atoms with van der Waals surface area (Å²) in [5.41, 5.74) is 2.22. The smallest absolute Gasteiger partial charge is 0.251 e. The highest BCUT2D eigenvalue weighted by Crippen LogP contribution is 2.17. The topological polar surface area (TPSA) is 139 Å². The van der Waals surface area contributed by atoms with Crippen LogP contribution in [0.2, 0.25) is 0 Å². The molecule has 40 heavy (non-hydrogen) atoms. The Morgan fingerprint density at radius 2 is 0.850 bits per heavy atom. The summed E-state index contributed by atoms with van der Waals surface area (Å²) in [6.07, 6.45) is -2.50. The normalized spacial score (nSPS) is 13.9. The molecule has 206 valence electrons. The van der Waals surface area contributed by atoms with Crippen LogP contribution in [0.25, 0.3) is 0 Å². The molecule has 8 heteroatoms. The van der Waals surface area contributed by atoms with Crippen molar-refractivity contribution in [3.8, 4) is 11.5 Å². The highest BCUT2D eigenvalue weighted by atomic mass is 16.3. The summed E-state index contributed by atoms with van der Waals surface area (Å²) in [7, 11) is 0. The Balaban J connectivity index is 1.59. The van der Waals surface area contributed by atoms with E-state index >= 15 is 0 Å². The average Bonchev–Trinajstić information content (AvgIpc) is 2.97. The summed E-state index contributed by atoms with van der Waals surface area (Å²) in [5, 5.41) is 47.7. The molecule has 0 aromatic heterocycles. The number of phenolic OH excluding ortho intramolecular Hbond substituents is 2. The molecule has 0 aliphatic heterocycles. The first-order valence-electron chi connectivity index (χ1n) is 12.9. The third-order valence-electron chi connectivity index (χ3n) is 6.66. The molecule has 6 N–H and O–H groups in total. The highest BCUT2D eigenvalue weighted by Gasteiger charge is 2.34. The molecule has 0 aliphatic carbocycles. The van der Waals surface area contributed by atoms with Crippen LogP contribution in [0.15, 0.2) is 109 Å². The molecule has 8 nitrogen and oxygen atoms in total. The summed E-state index contributed by atoms with van der Waals surface area (Å²) >= 11 is 0. The lowest BCUT2D eigenvalue weighted by Crippen LogP contribution is -2.57. The van der Waals surface area contributed by atoms with Crippen LogP contribution in [0.3, 0.4) is 0 Å². The molecule has 4 aromatic rings. The average molecular weight is 541 g/mol. The van der Waals surface area contributed by atoms with Crippen LogP contribution in [0, 0.1) is 0 Å². The van der Waals surface area contributed by atoms with E-state index in [-0.39, 0.29) is 35.5 Å². The summed E-state index contributed by atoms with van der Waals surface area (Å²) in [5.74, 6) is -0.943. The van der Waals surface area contributed by atoms with Crippen molar-refractivity contribution in [2.24, 2.45) is 0 Å². The predicted octanol–water partition coefficient (Wildman–Crippen LogP) is 3.20. The number of amides is 2. The summed E-state index contributed by atoms with van der Waals surface area (Å²) in [6.45, 7) is 0. The van der Waals surface area contributed by atoms with Crippen LogP contribution in [0.5, 0.6) is 11.5 Å². The molecule has 0 heterocycles. The van der Waals surface area contributed by atoms with Gasteiger partial charge in [-0.3, -0.25) is 9.59 Å². The molecule has 0 aliphatic rings. The van der Waals surface area contributed by atoms with Crippen LogP contribution in [-0.4, -0.2) is 56.5 Å². The maximum atomic E-state index is 13.1. The molecule has 4 atom stereocenters. The van der Waals surface area contributed by atoms with Crippen molar-refractivity contribution in [2.75, 3.05) is 0 Å². The first kappa shape index (κ1) is 28.4. The van der Waals surface area contributed by atoms with Gasteiger partial charge in [0.2, 0.25) is 0 Å². The molecular formula is C32H32N2O6. The molecule has 0 spiro atoms. The molecule has 0 bridgehead atoms. The van der Waals surface area contributed by atoms with Gasteiger partial charge in [-0.25, -0.2) is 0 Å². The Morgan fingerprint density at radius 1 is 0.525 bits per heavy atom. The maximum absolute atomic E-state index is 13.1.